The second-order valence-electron chi connectivity index (χ2n) is 9.35. The number of carbonyl (C=O) groups is 3. The Hall–Kier alpha value is -1.79. The highest BCUT2D eigenvalue weighted by molar-refractivity contribution is 5.90. The lowest BCUT2D eigenvalue weighted by atomic mass is 9.82. The van der Waals surface area contributed by atoms with Crippen molar-refractivity contribution in [3.63, 3.8) is 0 Å². The molecule has 27 heavy (non-hydrogen) atoms. The minimum Gasteiger partial charge on any atom is -0.467 e. The molecule has 1 rings (SSSR count). The highest BCUT2D eigenvalue weighted by Gasteiger charge is 2.38. The monoisotopic (exact) mass is 384 g/mol. The van der Waals surface area contributed by atoms with Crippen molar-refractivity contribution in [1.82, 2.24) is 10.6 Å². The van der Waals surface area contributed by atoms with Gasteiger partial charge in [-0.3, -0.25) is 4.79 Å². The Morgan fingerprint density at radius 1 is 0.926 bits per heavy atom. The van der Waals surface area contributed by atoms with Crippen LogP contribution >= 0.6 is 0 Å². The lowest BCUT2D eigenvalue weighted by molar-refractivity contribution is -0.148. The number of ether oxygens (including phenoxy) is 2. The van der Waals surface area contributed by atoms with Crippen molar-refractivity contribution in [2.24, 2.45) is 11.3 Å². The smallest absolute Gasteiger partial charge is 0.408 e. The first-order valence-electron chi connectivity index (χ1n) is 9.73. The summed E-state index contributed by atoms with van der Waals surface area (Å²) in [5.74, 6) is -0.863. The van der Waals surface area contributed by atoms with Crippen LogP contribution in [0, 0.1) is 11.3 Å². The first kappa shape index (κ1) is 23.2. The van der Waals surface area contributed by atoms with Crippen molar-refractivity contribution in [2.75, 3.05) is 7.11 Å². The maximum absolute atomic E-state index is 13.0. The summed E-state index contributed by atoms with van der Waals surface area (Å²) in [5.41, 5.74) is -1.18. The molecule has 0 aromatic carbocycles. The quantitative estimate of drug-likeness (QED) is 0.710. The average Bonchev–Trinajstić information content (AvgIpc) is 2.54. The lowest BCUT2D eigenvalue weighted by Gasteiger charge is -2.34. The number of methoxy groups -OCH3 is 1. The number of alkyl carbamates (subject to hydrolysis) is 1. The molecule has 0 heterocycles. The van der Waals surface area contributed by atoms with Gasteiger partial charge in [0.15, 0.2) is 0 Å². The summed E-state index contributed by atoms with van der Waals surface area (Å²) in [6.07, 6.45) is 4.25. The van der Waals surface area contributed by atoms with Gasteiger partial charge in [0.2, 0.25) is 5.91 Å². The van der Waals surface area contributed by atoms with Crippen LogP contribution < -0.4 is 10.6 Å². The van der Waals surface area contributed by atoms with Crippen LogP contribution in [0.5, 0.6) is 0 Å². The van der Waals surface area contributed by atoms with Gasteiger partial charge in [-0.1, -0.05) is 40.0 Å². The normalized spacial score (nSPS) is 18.2. The summed E-state index contributed by atoms with van der Waals surface area (Å²) in [6.45, 7) is 10.9. The third-order valence-electron chi connectivity index (χ3n) is 4.67. The molecule has 0 bridgehead atoms. The van der Waals surface area contributed by atoms with Gasteiger partial charge < -0.3 is 20.1 Å². The zero-order valence-corrected chi connectivity index (χ0v) is 17.8. The predicted octanol–water partition coefficient (Wildman–Crippen LogP) is 3.16. The number of nitrogens with one attached hydrogen (secondary N) is 2. The summed E-state index contributed by atoms with van der Waals surface area (Å²) in [5, 5.41) is 5.52. The fourth-order valence-corrected chi connectivity index (χ4v) is 3.28. The zero-order chi connectivity index (χ0) is 20.8. The van der Waals surface area contributed by atoms with Crippen molar-refractivity contribution in [3.05, 3.63) is 0 Å². The summed E-state index contributed by atoms with van der Waals surface area (Å²) in [4.78, 5) is 37.5. The number of hydrogen-bond donors (Lipinski definition) is 2. The number of hydrogen-bond acceptors (Lipinski definition) is 5. The Labute approximate surface area is 162 Å². The standard InChI is InChI=1S/C20H36N2O5/c1-19(2,3)15(17(24)26-7)22-16(23)14(13-11-9-8-10-12-13)21-18(25)27-20(4,5)6/h13-15H,8-12H2,1-7H3,(H,21,25)(H,22,23). The molecule has 2 atom stereocenters. The van der Waals surface area contributed by atoms with Gasteiger partial charge in [-0.2, -0.15) is 0 Å². The fourth-order valence-electron chi connectivity index (χ4n) is 3.28. The van der Waals surface area contributed by atoms with E-state index in [4.69, 9.17) is 9.47 Å². The third-order valence-corrected chi connectivity index (χ3v) is 4.67. The number of amides is 2. The van der Waals surface area contributed by atoms with E-state index in [1.54, 1.807) is 20.8 Å². The van der Waals surface area contributed by atoms with Gasteiger partial charge >= 0.3 is 12.1 Å². The van der Waals surface area contributed by atoms with Crippen LogP contribution in [0.2, 0.25) is 0 Å². The Morgan fingerprint density at radius 2 is 1.48 bits per heavy atom. The van der Waals surface area contributed by atoms with E-state index in [1.165, 1.54) is 7.11 Å². The molecule has 2 unspecified atom stereocenters. The molecule has 1 aliphatic carbocycles. The van der Waals surface area contributed by atoms with Gasteiger partial charge in [-0.05, 0) is 44.9 Å². The van der Waals surface area contributed by atoms with E-state index >= 15 is 0 Å². The first-order valence-corrected chi connectivity index (χ1v) is 9.73. The van der Waals surface area contributed by atoms with E-state index in [0.717, 1.165) is 32.1 Å². The summed E-state index contributed by atoms with van der Waals surface area (Å²) in [6, 6.07) is -1.55. The highest BCUT2D eigenvalue weighted by Crippen LogP contribution is 2.28. The van der Waals surface area contributed by atoms with Crippen LogP contribution in [0.1, 0.15) is 73.6 Å². The van der Waals surface area contributed by atoms with Gasteiger partial charge in [-0.15, -0.1) is 0 Å². The SMILES string of the molecule is COC(=O)C(NC(=O)C(NC(=O)OC(C)(C)C)C1CCCCC1)C(C)(C)C. The number of carbonyl (C=O) groups excluding carboxylic acids is 3. The van der Waals surface area contributed by atoms with Gasteiger partial charge in [0.1, 0.15) is 17.7 Å². The molecule has 1 aliphatic rings. The minimum absolute atomic E-state index is 0.0181. The molecule has 1 fully saturated rings. The van der Waals surface area contributed by atoms with E-state index in [1.807, 2.05) is 20.8 Å². The topological polar surface area (TPSA) is 93.7 Å². The van der Waals surface area contributed by atoms with Crippen LogP contribution in [-0.2, 0) is 19.1 Å². The molecule has 0 aromatic rings. The van der Waals surface area contributed by atoms with Gasteiger partial charge in [-0.25, -0.2) is 9.59 Å². The largest absolute Gasteiger partial charge is 0.467 e. The molecule has 2 amide bonds. The Balaban J connectivity index is 2.97. The Bertz CT molecular complexity index is 527. The van der Waals surface area contributed by atoms with E-state index in [9.17, 15) is 14.4 Å². The highest BCUT2D eigenvalue weighted by atomic mass is 16.6. The molecule has 0 spiro atoms. The molecule has 156 valence electrons. The van der Waals surface area contributed by atoms with Gasteiger partial charge in [0, 0.05) is 0 Å². The molecule has 7 heteroatoms. The summed E-state index contributed by atoms with van der Waals surface area (Å²) in [7, 11) is 1.30. The van der Waals surface area contributed by atoms with Crippen molar-refractivity contribution in [3.8, 4) is 0 Å². The molecule has 0 radical (unpaired) electrons. The molecule has 2 N–H and O–H groups in total. The van der Waals surface area contributed by atoms with E-state index in [-0.39, 0.29) is 11.8 Å². The summed E-state index contributed by atoms with van der Waals surface area (Å²) < 4.78 is 10.2. The molecule has 0 aliphatic heterocycles. The molecular formula is C20H36N2O5. The second-order valence-corrected chi connectivity index (χ2v) is 9.35. The van der Waals surface area contributed by atoms with Crippen LogP contribution in [-0.4, -0.2) is 42.8 Å². The summed E-state index contributed by atoms with van der Waals surface area (Å²) >= 11 is 0. The van der Waals surface area contributed by atoms with Crippen molar-refractivity contribution >= 4 is 18.0 Å². The average molecular weight is 385 g/mol. The van der Waals surface area contributed by atoms with Crippen LogP contribution in [0.4, 0.5) is 4.79 Å². The second kappa shape index (κ2) is 9.42. The molecule has 0 aromatic heterocycles. The zero-order valence-electron chi connectivity index (χ0n) is 17.8. The molecule has 1 saturated carbocycles. The van der Waals surface area contributed by atoms with Crippen LogP contribution in [0.15, 0.2) is 0 Å². The van der Waals surface area contributed by atoms with Gasteiger partial charge in [0.25, 0.3) is 0 Å². The van der Waals surface area contributed by atoms with Crippen LogP contribution in [0.3, 0.4) is 0 Å². The van der Waals surface area contributed by atoms with E-state index in [2.05, 4.69) is 10.6 Å². The van der Waals surface area contributed by atoms with E-state index < -0.39 is 35.2 Å². The van der Waals surface area contributed by atoms with Crippen molar-refractivity contribution < 1.29 is 23.9 Å². The number of rotatable bonds is 5. The van der Waals surface area contributed by atoms with E-state index in [0.29, 0.717) is 0 Å². The fraction of sp³-hybridized carbons (Fsp3) is 0.850. The first-order chi connectivity index (χ1) is 12.3. The number of esters is 1. The lowest BCUT2D eigenvalue weighted by Crippen LogP contribution is -2.58. The molecule has 0 saturated heterocycles. The minimum atomic E-state index is -0.804. The maximum atomic E-state index is 13.0. The van der Waals surface area contributed by atoms with Gasteiger partial charge in [0.05, 0.1) is 7.11 Å². The maximum Gasteiger partial charge on any atom is 0.408 e. The Kier molecular flexibility index (Phi) is 8.11. The van der Waals surface area contributed by atoms with Crippen LogP contribution in [0.25, 0.3) is 0 Å². The third kappa shape index (κ3) is 7.77. The van der Waals surface area contributed by atoms with Crippen molar-refractivity contribution in [2.45, 2.75) is 91.3 Å². The van der Waals surface area contributed by atoms with Crippen molar-refractivity contribution in [1.29, 1.82) is 0 Å². The molecule has 7 nitrogen and oxygen atoms in total. The molecular weight excluding hydrogens is 348 g/mol. The predicted molar refractivity (Wildman–Crippen MR) is 103 cm³/mol. The Morgan fingerprint density at radius 3 is 1.93 bits per heavy atom.